The van der Waals surface area contributed by atoms with Crippen LogP contribution in [-0.4, -0.2) is 11.1 Å². The number of nitrogens with two attached hydrogens (primary N) is 2. The summed E-state index contributed by atoms with van der Waals surface area (Å²) in [5.74, 6) is 0. The van der Waals surface area contributed by atoms with E-state index >= 15 is 0 Å². The van der Waals surface area contributed by atoms with Crippen molar-refractivity contribution < 1.29 is 15.1 Å². The first kappa shape index (κ1) is 14.6. The van der Waals surface area contributed by atoms with Crippen molar-refractivity contribution in [3.05, 3.63) is 0 Å². The van der Waals surface area contributed by atoms with Crippen LogP contribution in [0.25, 0.3) is 0 Å². The van der Waals surface area contributed by atoms with E-state index < -0.39 is 15.1 Å². The second-order valence-corrected chi connectivity index (χ2v) is 8.17. The summed E-state index contributed by atoms with van der Waals surface area (Å²) >= 11 is -0.931. The molecule has 0 heterocycles. The maximum absolute atomic E-state index is 5.69. The van der Waals surface area contributed by atoms with Gasteiger partial charge in [-0.1, -0.05) is 0 Å². The summed E-state index contributed by atoms with van der Waals surface area (Å²) in [4.78, 5) is 0. The third-order valence-corrected chi connectivity index (χ3v) is 1.66. The number of rotatable bonds is 1. The first-order valence-corrected chi connectivity index (χ1v) is 11.2. The Bertz CT molecular complexity index is 83.7. The minimum atomic E-state index is -0.931. The molecule has 0 unspecified atom stereocenters. The van der Waals surface area contributed by atoms with E-state index in [0.29, 0.717) is 0 Å². The summed E-state index contributed by atoms with van der Waals surface area (Å²) < 4.78 is 0. The Morgan fingerprint density at radius 3 is 1.00 bits per heavy atom. The van der Waals surface area contributed by atoms with Gasteiger partial charge in [0.15, 0.2) is 0 Å². The Morgan fingerprint density at radius 2 is 1.00 bits per heavy atom. The van der Waals surface area contributed by atoms with Gasteiger partial charge in [0.2, 0.25) is 0 Å². The topological polar surface area (TPSA) is 52.0 Å². The molecule has 0 aromatic carbocycles. The molecular weight excluding hydrogens is 236 g/mol. The second kappa shape index (κ2) is 5.71. The molecule has 0 atom stereocenters. The van der Waals surface area contributed by atoms with E-state index in [2.05, 4.69) is 0 Å². The van der Waals surface area contributed by atoms with Crippen LogP contribution < -0.4 is 11.5 Å². The quantitative estimate of drug-likeness (QED) is 0.700. The molecule has 0 aliphatic heterocycles. The van der Waals surface area contributed by atoms with Crippen LogP contribution in [0.4, 0.5) is 0 Å². The van der Waals surface area contributed by atoms with Gasteiger partial charge in [0.05, 0.1) is 0 Å². The fourth-order valence-electron chi connectivity index (χ4n) is 0. The van der Waals surface area contributed by atoms with Crippen LogP contribution in [0, 0.1) is 0 Å². The van der Waals surface area contributed by atoms with Crippen molar-refractivity contribution in [1.29, 1.82) is 0 Å². The van der Waals surface area contributed by atoms with Gasteiger partial charge >= 0.3 is 34.5 Å². The van der Waals surface area contributed by atoms with Crippen molar-refractivity contribution in [1.82, 2.24) is 0 Å². The second-order valence-electron chi connectivity index (χ2n) is 3.54. The molecule has 0 saturated heterocycles. The van der Waals surface area contributed by atoms with Gasteiger partial charge in [0.25, 0.3) is 0 Å². The molecule has 0 spiro atoms. The van der Waals surface area contributed by atoms with Crippen molar-refractivity contribution in [3.63, 3.8) is 0 Å². The number of hydrogen-bond donors (Lipinski definition) is 2. The fourth-order valence-corrected chi connectivity index (χ4v) is 0. The summed E-state index contributed by atoms with van der Waals surface area (Å²) in [6.07, 6.45) is 0. The standard InChI is InChI=1S/C6H16N2.2ClH.Zn/c1-5(2,7)6(3,4)8;;;/h7-8H2,1-4H3;2*1H;/q;;;+2/p-2. The van der Waals surface area contributed by atoms with E-state index in [1.165, 1.54) is 0 Å². The van der Waals surface area contributed by atoms with Crippen LogP contribution in [0.1, 0.15) is 27.7 Å². The summed E-state index contributed by atoms with van der Waals surface area (Å²) in [6.45, 7) is 7.69. The van der Waals surface area contributed by atoms with Crippen LogP contribution >= 0.6 is 19.4 Å². The van der Waals surface area contributed by atoms with E-state index in [1.54, 1.807) is 0 Å². The zero-order valence-corrected chi connectivity index (χ0v) is 12.1. The molecule has 0 aromatic rings. The molecule has 0 radical (unpaired) electrons. The van der Waals surface area contributed by atoms with Crippen LogP contribution in [0.2, 0.25) is 0 Å². The SMILES string of the molecule is CC(C)(N)C(C)(C)N.[Cl][Zn][Cl]. The molecular formula is C6H16Cl2N2Zn. The Morgan fingerprint density at radius 1 is 0.909 bits per heavy atom. The molecule has 0 bridgehead atoms. The predicted molar refractivity (Wildman–Crippen MR) is 48.2 cm³/mol. The Labute approximate surface area is 84.7 Å². The van der Waals surface area contributed by atoms with E-state index in [4.69, 9.17) is 30.8 Å². The van der Waals surface area contributed by atoms with Gasteiger partial charge in [0, 0.05) is 11.1 Å². The number of halogens is 2. The van der Waals surface area contributed by atoms with Crippen molar-refractivity contribution in [2.24, 2.45) is 11.5 Å². The molecule has 0 amide bonds. The molecule has 5 heteroatoms. The van der Waals surface area contributed by atoms with Gasteiger partial charge in [0.1, 0.15) is 0 Å². The van der Waals surface area contributed by atoms with E-state index in [9.17, 15) is 0 Å². The summed E-state index contributed by atoms with van der Waals surface area (Å²) in [6, 6.07) is 0. The average molecular weight is 253 g/mol. The van der Waals surface area contributed by atoms with Gasteiger partial charge in [-0.3, -0.25) is 0 Å². The van der Waals surface area contributed by atoms with Crippen molar-refractivity contribution in [2.45, 2.75) is 38.8 Å². The third kappa shape index (κ3) is 9.03. The molecule has 0 aromatic heterocycles. The zero-order valence-electron chi connectivity index (χ0n) is 7.62. The first-order chi connectivity index (χ1) is 4.66. The van der Waals surface area contributed by atoms with Crippen LogP contribution in [0.3, 0.4) is 0 Å². The molecule has 0 saturated carbocycles. The van der Waals surface area contributed by atoms with Gasteiger partial charge in [-0.15, -0.1) is 0 Å². The van der Waals surface area contributed by atoms with Crippen LogP contribution in [0.15, 0.2) is 0 Å². The van der Waals surface area contributed by atoms with Gasteiger partial charge in [-0.2, -0.15) is 0 Å². The molecule has 0 aliphatic rings. The van der Waals surface area contributed by atoms with E-state index in [1.807, 2.05) is 27.7 Å². The van der Waals surface area contributed by atoms with Crippen molar-refractivity contribution >= 4 is 19.4 Å². The molecule has 0 fully saturated rings. The van der Waals surface area contributed by atoms with Gasteiger partial charge in [-0.05, 0) is 27.7 Å². The van der Waals surface area contributed by atoms with E-state index in [-0.39, 0.29) is 11.1 Å². The average Bonchev–Trinajstić information content (AvgIpc) is 1.60. The van der Waals surface area contributed by atoms with Crippen LogP contribution in [-0.2, 0) is 15.1 Å². The first-order valence-electron chi connectivity index (χ1n) is 3.36. The maximum atomic E-state index is 5.69. The van der Waals surface area contributed by atoms with Crippen molar-refractivity contribution in [2.75, 3.05) is 0 Å². The van der Waals surface area contributed by atoms with Crippen molar-refractivity contribution in [3.8, 4) is 0 Å². The molecule has 11 heavy (non-hydrogen) atoms. The molecule has 66 valence electrons. The number of hydrogen-bond acceptors (Lipinski definition) is 2. The van der Waals surface area contributed by atoms with E-state index in [0.717, 1.165) is 0 Å². The molecule has 4 N–H and O–H groups in total. The van der Waals surface area contributed by atoms with Crippen LogP contribution in [0.5, 0.6) is 0 Å². The Hall–Kier alpha value is 1.12. The molecule has 0 rings (SSSR count). The minimum absolute atomic E-state index is 0.285. The molecule has 0 aliphatic carbocycles. The molecule has 2 nitrogen and oxygen atoms in total. The summed E-state index contributed by atoms with van der Waals surface area (Å²) in [7, 11) is 9.90. The predicted octanol–water partition coefficient (Wildman–Crippen LogP) is 1.84. The zero-order chi connectivity index (χ0) is 9.71. The summed E-state index contributed by atoms with van der Waals surface area (Å²) in [5.41, 5.74) is 10.8. The summed E-state index contributed by atoms with van der Waals surface area (Å²) in [5, 5.41) is 0. The third-order valence-electron chi connectivity index (χ3n) is 1.66. The Kier molecular flexibility index (Phi) is 7.60. The fraction of sp³-hybridized carbons (Fsp3) is 1.00. The monoisotopic (exact) mass is 250 g/mol. The van der Waals surface area contributed by atoms with Gasteiger partial charge < -0.3 is 11.5 Å². The van der Waals surface area contributed by atoms with Gasteiger partial charge in [-0.25, -0.2) is 0 Å². The Balaban J connectivity index is 0. The normalized spacial score (nSPS) is 11.3.